The van der Waals surface area contributed by atoms with Gasteiger partial charge in [0.1, 0.15) is 5.82 Å². The van der Waals surface area contributed by atoms with Gasteiger partial charge in [-0.05, 0) is 12.1 Å². The van der Waals surface area contributed by atoms with Crippen LogP contribution in [-0.2, 0) is 0 Å². The van der Waals surface area contributed by atoms with Crippen molar-refractivity contribution in [1.82, 2.24) is 4.98 Å². The number of halogens is 2. The summed E-state index contributed by atoms with van der Waals surface area (Å²) in [6, 6.07) is 3.33. The molecule has 0 aliphatic carbocycles. The zero-order valence-electron chi connectivity index (χ0n) is 7.58. The fourth-order valence-corrected chi connectivity index (χ4v) is 1.52. The molecule has 0 atom stereocenters. The first-order chi connectivity index (χ1) is 6.57. The van der Waals surface area contributed by atoms with Gasteiger partial charge in [-0.1, -0.05) is 0 Å². The average Bonchev–Trinajstić information content (AvgIpc) is 2.47. The van der Waals surface area contributed by atoms with Gasteiger partial charge in [0.2, 0.25) is 0 Å². The molecule has 1 aliphatic rings. The molecule has 0 amide bonds. The molecular formula is C9H11F2N3. The minimum atomic E-state index is -2.58. The topological polar surface area (TPSA) is 42.1 Å². The summed E-state index contributed by atoms with van der Waals surface area (Å²) in [5, 5.41) is 0. The highest BCUT2D eigenvalue weighted by Gasteiger charge is 2.38. The number of anilines is 2. The van der Waals surface area contributed by atoms with Crippen LogP contribution in [0.1, 0.15) is 6.42 Å². The maximum atomic E-state index is 12.9. The van der Waals surface area contributed by atoms with Gasteiger partial charge < -0.3 is 10.6 Å². The molecule has 0 unspecified atom stereocenters. The molecule has 2 rings (SSSR count). The van der Waals surface area contributed by atoms with E-state index in [0.29, 0.717) is 18.1 Å². The van der Waals surface area contributed by atoms with Crippen molar-refractivity contribution in [3.8, 4) is 0 Å². The summed E-state index contributed by atoms with van der Waals surface area (Å²) in [4.78, 5) is 5.56. The summed E-state index contributed by atoms with van der Waals surface area (Å²) in [6.07, 6.45) is 1.38. The molecule has 1 fully saturated rings. The van der Waals surface area contributed by atoms with E-state index >= 15 is 0 Å². The van der Waals surface area contributed by atoms with Gasteiger partial charge in [-0.15, -0.1) is 0 Å². The third-order valence-corrected chi connectivity index (χ3v) is 2.26. The fourth-order valence-electron chi connectivity index (χ4n) is 1.52. The van der Waals surface area contributed by atoms with Crippen LogP contribution in [0.15, 0.2) is 18.3 Å². The van der Waals surface area contributed by atoms with Crippen molar-refractivity contribution in [2.24, 2.45) is 0 Å². The van der Waals surface area contributed by atoms with Gasteiger partial charge in [-0.3, -0.25) is 0 Å². The Bertz CT molecular complexity index is 323. The maximum absolute atomic E-state index is 12.9. The number of nitrogens with zero attached hydrogens (tertiary/aromatic N) is 2. The van der Waals surface area contributed by atoms with Crippen LogP contribution in [-0.4, -0.2) is 24.0 Å². The maximum Gasteiger partial charge on any atom is 0.266 e. The van der Waals surface area contributed by atoms with Crippen molar-refractivity contribution in [2.75, 3.05) is 23.7 Å². The van der Waals surface area contributed by atoms with Crippen molar-refractivity contribution in [1.29, 1.82) is 0 Å². The highest BCUT2D eigenvalue weighted by atomic mass is 19.3. The summed E-state index contributed by atoms with van der Waals surface area (Å²) in [5.74, 6) is -2.01. The highest BCUT2D eigenvalue weighted by molar-refractivity contribution is 5.46. The van der Waals surface area contributed by atoms with E-state index in [4.69, 9.17) is 5.73 Å². The second kappa shape index (κ2) is 3.08. The SMILES string of the molecule is Nc1ccc(N2CCC(F)(F)C2)nc1. The van der Waals surface area contributed by atoms with E-state index in [-0.39, 0.29) is 13.0 Å². The Morgan fingerprint density at radius 2 is 2.21 bits per heavy atom. The Balaban J connectivity index is 2.14. The minimum Gasteiger partial charge on any atom is -0.397 e. The van der Waals surface area contributed by atoms with Crippen LogP contribution in [0, 0.1) is 0 Å². The van der Waals surface area contributed by atoms with Crippen molar-refractivity contribution >= 4 is 11.5 Å². The number of nitrogen functional groups attached to an aromatic ring is 1. The number of nitrogens with two attached hydrogens (primary N) is 1. The first-order valence-corrected chi connectivity index (χ1v) is 4.41. The lowest BCUT2D eigenvalue weighted by atomic mass is 10.3. The monoisotopic (exact) mass is 199 g/mol. The first kappa shape index (κ1) is 9.18. The molecule has 1 aromatic heterocycles. The van der Waals surface area contributed by atoms with Gasteiger partial charge >= 0.3 is 0 Å². The molecule has 0 aromatic carbocycles. The number of rotatable bonds is 1. The number of hydrogen-bond acceptors (Lipinski definition) is 3. The van der Waals surface area contributed by atoms with Crippen LogP contribution in [0.4, 0.5) is 20.3 Å². The van der Waals surface area contributed by atoms with Gasteiger partial charge in [0.25, 0.3) is 5.92 Å². The Labute approximate surface area is 80.5 Å². The normalized spacial score (nSPS) is 20.0. The van der Waals surface area contributed by atoms with Crippen LogP contribution in [0.25, 0.3) is 0 Å². The van der Waals surface area contributed by atoms with E-state index < -0.39 is 5.92 Å². The molecule has 2 N–H and O–H groups in total. The van der Waals surface area contributed by atoms with Gasteiger partial charge in [0.05, 0.1) is 18.4 Å². The number of hydrogen-bond donors (Lipinski definition) is 1. The Kier molecular flexibility index (Phi) is 2.02. The van der Waals surface area contributed by atoms with Crippen LogP contribution >= 0.6 is 0 Å². The highest BCUT2D eigenvalue weighted by Crippen LogP contribution is 2.29. The van der Waals surface area contributed by atoms with Crippen molar-refractivity contribution < 1.29 is 8.78 Å². The summed E-state index contributed by atoms with van der Waals surface area (Å²) in [7, 11) is 0. The lowest BCUT2D eigenvalue weighted by Gasteiger charge is -2.16. The lowest BCUT2D eigenvalue weighted by molar-refractivity contribution is 0.0257. The van der Waals surface area contributed by atoms with Gasteiger partial charge in [-0.2, -0.15) is 0 Å². The van der Waals surface area contributed by atoms with E-state index in [1.54, 1.807) is 17.0 Å². The molecule has 14 heavy (non-hydrogen) atoms. The summed E-state index contributed by atoms with van der Waals surface area (Å²) < 4.78 is 25.7. The van der Waals surface area contributed by atoms with E-state index in [1.165, 1.54) is 6.20 Å². The van der Waals surface area contributed by atoms with Crippen molar-refractivity contribution in [3.05, 3.63) is 18.3 Å². The van der Waals surface area contributed by atoms with Crippen LogP contribution < -0.4 is 10.6 Å². The number of alkyl halides is 2. The molecule has 2 heterocycles. The molecule has 1 aromatic rings. The van der Waals surface area contributed by atoms with E-state index in [1.807, 2.05) is 0 Å². The van der Waals surface area contributed by atoms with E-state index in [2.05, 4.69) is 4.98 Å². The Morgan fingerprint density at radius 3 is 2.71 bits per heavy atom. The zero-order chi connectivity index (χ0) is 10.2. The number of aromatic nitrogens is 1. The predicted molar refractivity (Wildman–Crippen MR) is 50.4 cm³/mol. The lowest BCUT2D eigenvalue weighted by Crippen LogP contribution is -2.25. The molecule has 1 saturated heterocycles. The summed E-state index contributed by atoms with van der Waals surface area (Å²) in [5.41, 5.74) is 5.99. The summed E-state index contributed by atoms with van der Waals surface area (Å²) >= 11 is 0. The molecule has 0 bridgehead atoms. The number of pyridine rings is 1. The molecule has 1 aliphatic heterocycles. The van der Waals surface area contributed by atoms with Gasteiger partial charge in [0.15, 0.2) is 0 Å². The van der Waals surface area contributed by atoms with Gasteiger partial charge in [-0.25, -0.2) is 13.8 Å². The summed E-state index contributed by atoms with van der Waals surface area (Å²) in [6.45, 7) is 0.105. The average molecular weight is 199 g/mol. The fraction of sp³-hybridized carbons (Fsp3) is 0.444. The predicted octanol–water partition coefficient (Wildman–Crippen LogP) is 1.51. The third kappa shape index (κ3) is 1.76. The molecule has 0 spiro atoms. The molecule has 3 nitrogen and oxygen atoms in total. The molecule has 76 valence electrons. The van der Waals surface area contributed by atoms with Crippen molar-refractivity contribution in [2.45, 2.75) is 12.3 Å². The van der Waals surface area contributed by atoms with E-state index in [9.17, 15) is 8.78 Å². The van der Waals surface area contributed by atoms with Crippen molar-refractivity contribution in [3.63, 3.8) is 0 Å². The Morgan fingerprint density at radius 1 is 1.43 bits per heavy atom. The van der Waals surface area contributed by atoms with Crippen LogP contribution in [0.2, 0.25) is 0 Å². The van der Waals surface area contributed by atoms with Gasteiger partial charge in [0, 0.05) is 13.0 Å². The standard InChI is InChI=1S/C9H11F2N3/c10-9(11)3-4-14(6-9)8-2-1-7(12)5-13-8/h1-2,5H,3-4,6,12H2. The molecule has 5 heteroatoms. The second-order valence-corrected chi connectivity index (χ2v) is 3.48. The van der Waals surface area contributed by atoms with E-state index in [0.717, 1.165) is 0 Å². The molecule has 0 saturated carbocycles. The smallest absolute Gasteiger partial charge is 0.266 e. The molecule has 0 radical (unpaired) electrons. The Hall–Kier alpha value is -1.39. The quantitative estimate of drug-likeness (QED) is 0.745. The minimum absolute atomic E-state index is 0.0982. The first-order valence-electron chi connectivity index (χ1n) is 4.41. The third-order valence-electron chi connectivity index (χ3n) is 2.26. The van der Waals surface area contributed by atoms with Crippen LogP contribution in [0.5, 0.6) is 0 Å². The van der Waals surface area contributed by atoms with Crippen LogP contribution in [0.3, 0.4) is 0 Å². The second-order valence-electron chi connectivity index (χ2n) is 3.48. The zero-order valence-corrected chi connectivity index (χ0v) is 7.58. The molecular weight excluding hydrogens is 188 g/mol. The largest absolute Gasteiger partial charge is 0.397 e.